The summed E-state index contributed by atoms with van der Waals surface area (Å²) in [7, 11) is 0. The van der Waals surface area contributed by atoms with Crippen LogP contribution in [0.3, 0.4) is 0 Å². The molecule has 0 fully saturated rings. The maximum Gasteiger partial charge on any atom is 0.339 e. The van der Waals surface area contributed by atoms with Gasteiger partial charge < -0.3 is 14.6 Å². The van der Waals surface area contributed by atoms with Gasteiger partial charge in [0.05, 0.1) is 11.3 Å². The number of ether oxygens (including phenoxy) is 1. The molecule has 0 unspecified atom stereocenters. The smallest absolute Gasteiger partial charge is 0.339 e. The monoisotopic (exact) mass is 390 g/mol. The van der Waals surface area contributed by atoms with Crippen molar-refractivity contribution < 1.29 is 18.8 Å². The number of esters is 1. The van der Waals surface area contributed by atoms with Crippen molar-refractivity contribution in [1.82, 2.24) is 10.5 Å². The Kier molecular flexibility index (Phi) is 7.47. The van der Waals surface area contributed by atoms with Gasteiger partial charge in [0.25, 0.3) is 5.91 Å². The van der Waals surface area contributed by atoms with Crippen molar-refractivity contribution in [2.75, 3.05) is 6.61 Å². The average molecular weight is 391 g/mol. The van der Waals surface area contributed by atoms with Crippen molar-refractivity contribution in [2.24, 2.45) is 5.92 Å². The molecule has 1 amide bonds. The number of aromatic nitrogens is 1. The van der Waals surface area contributed by atoms with Gasteiger partial charge in [0, 0.05) is 22.3 Å². The summed E-state index contributed by atoms with van der Waals surface area (Å²) >= 11 is 1.51. The van der Waals surface area contributed by atoms with Gasteiger partial charge in [-0.2, -0.15) is 0 Å². The van der Waals surface area contributed by atoms with Gasteiger partial charge in [-0.15, -0.1) is 11.8 Å². The Labute approximate surface area is 164 Å². The fourth-order valence-electron chi connectivity index (χ4n) is 2.29. The van der Waals surface area contributed by atoms with Gasteiger partial charge in [0.15, 0.2) is 6.61 Å². The quantitative estimate of drug-likeness (QED) is 0.544. The molecule has 0 aliphatic rings. The second-order valence-electron chi connectivity index (χ2n) is 6.76. The van der Waals surface area contributed by atoms with Gasteiger partial charge in [-0.25, -0.2) is 4.79 Å². The summed E-state index contributed by atoms with van der Waals surface area (Å²) in [5.74, 6) is 0.911. The molecule has 1 aromatic carbocycles. The molecular formula is C20H26N2O4S. The number of thioether (sulfide) groups is 1. The number of hydrogen-bond donors (Lipinski definition) is 1. The number of carbonyl (C=O) groups is 2. The Morgan fingerprint density at radius 3 is 2.56 bits per heavy atom. The molecule has 146 valence electrons. The van der Waals surface area contributed by atoms with Crippen LogP contribution in [0.15, 0.2) is 33.7 Å². The molecule has 6 nitrogen and oxygen atoms in total. The molecule has 0 bridgehead atoms. The Balaban J connectivity index is 1.98. The van der Waals surface area contributed by atoms with Crippen molar-refractivity contribution in [2.45, 2.75) is 51.3 Å². The first-order valence-corrected chi connectivity index (χ1v) is 9.88. The summed E-state index contributed by atoms with van der Waals surface area (Å²) in [6, 6.07) is 7.22. The highest BCUT2D eigenvalue weighted by atomic mass is 32.2. The molecule has 0 spiro atoms. The molecule has 0 saturated heterocycles. The summed E-state index contributed by atoms with van der Waals surface area (Å²) in [6.45, 7) is 9.42. The van der Waals surface area contributed by atoms with Crippen LogP contribution in [-0.4, -0.2) is 29.7 Å². The second kappa shape index (κ2) is 9.60. The van der Waals surface area contributed by atoms with Crippen LogP contribution in [0, 0.1) is 19.8 Å². The van der Waals surface area contributed by atoms with Gasteiger partial charge in [-0.1, -0.05) is 31.1 Å². The van der Waals surface area contributed by atoms with Crippen LogP contribution in [0.5, 0.6) is 0 Å². The lowest BCUT2D eigenvalue weighted by atomic mass is 10.1. The molecule has 1 N–H and O–H groups in total. The third-order valence-electron chi connectivity index (χ3n) is 4.38. The molecule has 27 heavy (non-hydrogen) atoms. The van der Waals surface area contributed by atoms with Crippen molar-refractivity contribution in [3.05, 3.63) is 46.8 Å². The Hall–Kier alpha value is -2.28. The van der Waals surface area contributed by atoms with Crippen LogP contribution in [0.4, 0.5) is 0 Å². The summed E-state index contributed by atoms with van der Waals surface area (Å²) in [5.41, 5.74) is 2.31. The second-order valence-corrected chi connectivity index (χ2v) is 7.78. The van der Waals surface area contributed by atoms with Crippen LogP contribution >= 0.6 is 11.8 Å². The highest BCUT2D eigenvalue weighted by Crippen LogP contribution is 2.29. The number of hydrogen-bond acceptors (Lipinski definition) is 6. The number of benzene rings is 1. The zero-order valence-electron chi connectivity index (χ0n) is 16.4. The Bertz CT molecular complexity index is 782. The molecule has 1 aromatic heterocycles. The van der Waals surface area contributed by atoms with Gasteiger partial charge >= 0.3 is 5.97 Å². The van der Waals surface area contributed by atoms with Crippen molar-refractivity contribution in [3.63, 3.8) is 0 Å². The third kappa shape index (κ3) is 5.85. The van der Waals surface area contributed by atoms with E-state index in [2.05, 4.69) is 10.5 Å². The predicted molar refractivity (Wildman–Crippen MR) is 105 cm³/mol. The molecule has 1 atom stereocenters. The number of aryl methyl sites for hydroxylation is 2. The number of amides is 1. The van der Waals surface area contributed by atoms with Gasteiger partial charge in [-0.3, -0.25) is 4.79 Å². The first kappa shape index (κ1) is 21.0. The van der Waals surface area contributed by atoms with Gasteiger partial charge in [0.1, 0.15) is 5.76 Å². The number of carbonyl (C=O) groups excluding carboxylic acids is 2. The first-order chi connectivity index (χ1) is 12.8. The molecule has 0 aliphatic carbocycles. The van der Waals surface area contributed by atoms with E-state index in [-0.39, 0.29) is 18.6 Å². The van der Waals surface area contributed by atoms with Crippen molar-refractivity contribution in [3.8, 4) is 0 Å². The molecule has 1 heterocycles. The minimum absolute atomic E-state index is 0.0223. The molecule has 7 heteroatoms. The first-order valence-electron chi connectivity index (χ1n) is 8.89. The average Bonchev–Trinajstić information content (AvgIpc) is 2.96. The summed E-state index contributed by atoms with van der Waals surface area (Å²) in [4.78, 5) is 25.2. The maximum absolute atomic E-state index is 12.4. The SMILES string of the molecule is Cc1noc(C)c1CSc1ccccc1C(=O)OCC(=O)N[C@H](C)C(C)C. The lowest BCUT2D eigenvalue weighted by Gasteiger charge is -2.17. The van der Waals surface area contributed by atoms with E-state index in [0.717, 1.165) is 21.9 Å². The van der Waals surface area contributed by atoms with E-state index >= 15 is 0 Å². The van der Waals surface area contributed by atoms with Crippen LogP contribution in [0.25, 0.3) is 0 Å². The topological polar surface area (TPSA) is 81.4 Å². The molecule has 2 rings (SSSR count). The number of nitrogens with zero attached hydrogens (tertiary/aromatic N) is 1. The van der Waals surface area contributed by atoms with Crippen LogP contribution in [-0.2, 0) is 15.3 Å². The Morgan fingerprint density at radius 2 is 1.93 bits per heavy atom. The van der Waals surface area contributed by atoms with E-state index < -0.39 is 5.97 Å². The number of nitrogens with one attached hydrogen (secondary N) is 1. The van der Waals surface area contributed by atoms with Crippen LogP contribution < -0.4 is 5.32 Å². The minimum Gasteiger partial charge on any atom is -0.452 e. The van der Waals surface area contributed by atoms with E-state index in [9.17, 15) is 9.59 Å². The summed E-state index contributed by atoms with van der Waals surface area (Å²) < 4.78 is 10.4. The van der Waals surface area contributed by atoms with E-state index in [0.29, 0.717) is 17.2 Å². The highest BCUT2D eigenvalue weighted by molar-refractivity contribution is 7.98. The normalized spacial score (nSPS) is 12.1. The minimum atomic E-state index is -0.510. The van der Waals surface area contributed by atoms with E-state index in [1.807, 2.05) is 46.8 Å². The largest absolute Gasteiger partial charge is 0.452 e. The lowest BCUT2D eigenvalue weighted by molar-refractivity contribution is -0.125. The lowest BCUT2D eigenvalue weighted by Crippen LogP contribution is -2.38. The van der Waals surface area contributed by atoms with Crippen LogP contribution in [0.1, 0.15) is 48.1 Å². The molecule has 2 aromatic rings. The van der Waals surface area contributed by atoms with Gasteiger partial charge in [-0.05, 0) is 38.8 Å². The zero-order valence-corrected chi connectivity index (χ0v) is 17.2. The van der Waals surface area contributed by atoms with E-state index in [1.54, 1.807) is 12.1 Å². The van der Waals surface area contributed by atoms with Gasteiger partial charge in [0.2, 0.25) is 0 Å². The van der Waals surface area contributed by atoms with Crippen molar-refractivity contribution in [1.29, 1.82) is 0 Å². The standard InChI is InChI=1S/C20H26N2O4S/c1-12(2)13(3)21-19(23)10-25-20(24)16-8-6-7-9-18(16)27-11-17-14(4)22-26-15(17)5/h6-9,12-13H,10-11H2,1-5H3,(H,21,23)/t13-/m1/s1. The summed E-state index contributed by atoms with van der Waals surface area (Å²) in [6.07, 6.45) is 0. The Morgan fingerprint density at radius 1 is 1.22 bits per heavy atom. The van der Waals surface area contributed by atoms with Crippen LogP contribution in [0.2, 0.25) is 0 Å². The predicted octanol–water partition coefficient (Wildman–Crippen LogP) is 3.90. The maximum atomic E-state index is 12.4. The van der Waals surface area contributed by atoms with E-state index in [4.69, 9.17) is 9.26 Å². The third-order valence-corrected chi connectivity index (χ3v) is 5.48. The zero-order chi connectivity index (χ0) is 20.0. The molecule has 0 radical (unpaired) electrons. The molecule has 0 saturated carbocycles. The van der Waals surface area contributed by atoms with Crippen molar-refractivity contribution >= 4 is 23.6 Å². The fourth-order valence-corrected chi connectivity index (χ4v) is 3.48. The fraction of sp³-hybridized carbons (Fsp3) is 0.450. The molecular weight excluding hydrogens is 364 g/mol. The number of rotatable bonds is 8. The summed E-state index contributed by atoms with van der Waals surface area (Å²) in [5, 5.41) is 6.76. The molecule has 0 aliphatic heterocycles. The highest BCUT2D eigenvalue weighted by Gasteiger charge is 2.17. The van der Waals surface area contributed by atoms with E-state index in [1.165, 1.54) is 11.8 Å².